The summed E-state index contributed by atoms with van der Waals surface area (Å²) in [5.74, 6) is 2.36. The molecule has 5 nitrogen and oxygen atoms in total. The molecular weight excluding hydrogens is 310 g/mol. The standard InChI is InChI=1S/C20H25N5/c1-13(2)19-21-9-8-15(22-19)12-25-10-4-5-18(25)20-23-16-7-6-14(3)11-17(16)24-20/h6-9,11,13,18H,4-5,10,12H2,1-3H3,(H,23,24). The monoisotopic (exact) mass is 335 g/mol. The molecule has 4 rings (SSSR count). The summed E-state index contributed by atoms with van der Waals surface area (Å²) in [6.07, 6.45) is 4.22. The van der Waals surface area contributed by atoms with Crippen LogP contribution in [0.25, 0.3) is 11.0 Å². The van der Waals surface area contributed by atoms with Crippen LogP contribution in [0.15, 0.2) is 30.5 Å². The average molecular weight is 335 g/mol. The molecule has 3 aromatic rings. The van der Waals surface area contributed by atoms with E-state index in [1.807, 2.05) is 12.3 Å². The van der Waals surface area contributed by atoms with Crippen molar-refractivity contribution >= 4 is 11.0 Å². The number of likely N-dealkylation sites (tertiary alicyclic amines) is 1. The molecule has 0 spiro atoms. The van der Waals surface area contributed by atoms with E-state index in [4.69, 9.17) is 9.97 Å². The van der Waals surface area contributed by atoms with Crippen LogP contribution in [0.2, 0.25) is 0 Å². The smallest absolute Gasteiger partial charge is 0.131 e. The zero-order valence-electron chi connectivity index (χ0n) is 15.2. The molecule has 1 fully saturated rings. The Labute approximate surface area is 148 Å². The Hall–Kier alpha value is -2.27. The predicted octanol–water partition coefficient (Wildman–Crippen LogP) is 4.12. The van der Waals surface area contributed by atoms with E-state index in [0.29, 0.717) is 12.0 Å². The number of imidazole rings is 1. The molecule has 1 aliphatic rings. The first-order valence-corrected chi connectivity index (χ1v) is 9.12. The number of fused-ring (bicyclic) bond motifs is 1. The normalized spacial score (nSPS) is 18.5. The molecule has 1 N–H and O–H groups in total. The van der Waals surface area contributed by atoms with Gasteiger partial charge in [0, 0.05) is 18.7 Å². The zero-order valence-corrected chi connectivity index (χ0v) is 15.2. The van der Waals surface area contributed by atoms with E-state index in [2.05, 4.69) is 53.8 Å². The Balaban J connectivity index is 1.58. The first-order valence-electron chi connectivity index (χ1n) is 9.12. The molecule has 0 radical (unpaired) electrons. The van der Waals surface area contributed by atoms with Crippen molar-refractivity contribution in [3.05, 3.63) is 53.4 Å². The Morgan fingerprint density at radius 2 is 2.12 bits per heavy atom. The number of H-pyrrole nitrogens is 1. The van der Waals surface area contributed by atoms with Gasteiger partial charge in [-0.25, -0.2) is 15.0 Å². The lowest BCUT2D eigenvalue weighted by molar-refractivity contribution is 0.238. The Morgan fingerprint density at radius 3 is 2.96 bits per heavy atom. The molecule has 25 heavy (non-hydrogen) atoms. The van der Waals surface area contributed by atoms with E-state index < -0.39 is 0 Å². The SMILES string of the molecule is Cc1ccc2nc(C3CCCN3Cc3ccnc(C(C)C)n3)[nH]c2c1. The summed E-state index contributed by atoms with van der Waals surface area (Å²) >= 11 is 0. The summed E-state index contributed by atoms with van der Waals surface area (Å²) in [5, 5.41) is 0. The molecule has 1 saturated heterocycles. The molecule has 0 aliphatic carbocycles. The van der Waals surface area contributed by atoms with Gasteiger partial charge in [-0.05, 0) is 50.1 Å². The topological polar surface area (TPSA) is 57.7 Å². The zero-order chi connectivity index (χ0) is 17.4. The molecule has 0 amide bonds. The lowest BCUT2D eigenvalue weighted by atomic mass is 10.2. The average Bonchev–Trinajstić information content (AvgIpc) is 3.20. The molecule has 1 atom stereocenters. The van der Waals surface area contributed by atoms with Gasteiger partial charge in [0.2, 0.25) is 0 Å². The summed E-state index contributed by atoms with van der Waals surface area (Å²) in [5.41, 5.74) is 4.54. The number of hydrogen-bond donors (Lipinski definition) is 1. The van der Waals surface area contributed by atoms with Gasteiger partial charge in [-0.3, -0.25) is 4.90 Å². The van der Waals surface area contributed by atoms with Crippen LogP contribution in [0.5, 0.6) is 0 Å². The van der Waals surface area contributed by atoms with Gasteiger partial charge in [-0.15, -0.1) is 0 Å². The second-order valence-electron chi connectivity index (χ2n) is 7.33. The van der Waals surface area contributed by atoms with Crippen LogP contribution in [-0.2, 0) is 6.54 Å². The van der Waals surface area contributed by atoms with Crippen molar-refractivity contribution in [1.82, 2.24) is 24.8 Å². The molecule has 5 heteroatoms. The molecule has 0 saturated carbocycles. The van der Waals surface area contributed by atoms with Gasteiger partial charge in [0.1, 0.15) is 11.6 Å². The van der Waals surface area contributed by atoms with Crippen molar-refractivity contribution in [2.24, 2.45) is 0 Å². The molecule has 1 aliphatic heterocycles. The highest BCUT2D eigenvalue weighted by Crippen LogP contribution is 2.32. The third-order valence-electron chi connectivity index (χ3n) is 4.95. The van der Waals surface area contributed by atoms with Gasteiger partial charge < -0.3 is 4.98 Å². The quantitative estimate of drug-likeness (QED) is 0.779. The lowest BCUT2D eigenvalue weighted by Gasteiger charge is -2.22. The summed E-state index contributed by atoms with van der Waals surface area (Å²) in [6.45, 7) is 8.32. The number of nitrogens with zero attached hydrogens (tertiary/aromatic N) is 4. The minimum atomic E-state index is 0.338. The lowest BCUT2D eigenvalue weighted by Crippen LogP contribution is -2.24. The molecule has 0 bridgehead atoms. The number of benzene rings is 1. The van der Waals surface area contributed by atoms with Crippen molar-refractivity contribution in [1.29, 1.82) is 0 Å². The summed E-state index contributed by atoms with van der Waals surface area (Å²) < 4.78 is 0. The Morgan fingerprint density at radius 1 is 1.24 bits per heavy atom. The molecule has 1 unspecified atom stereocenters. The minimum absolute atomic E-state index is 0.338. The first kappa shape index (κ1) is 16.2. The van der Waals surface area contributed by atoms with Gasteiger partial charge in [0.05, 0.1) is 22.8 Å². The van der Waals surface area contributed by atoms with Gasteiger partial charge in [0.25, 0.3) is 0 Å². The largest absolute Gasteiger partial charge is 0.341 e. The number of nitrogens with one attached hydrogen (secondary N) is 1. The maximum absolute atomic E-state index is 4.84. The molecule has 130 valence electrons. The van der Waals surface area contributed by atoms with Gasteiger partial charge in [0.15, 0.2) is 0 Å². The van der Waals surface area contributed by atoms with Crippen molar-refractivity contribution in [2.75, 3.05) is 6.54 Å². The van der Waals surface area contributed by atoms with Crippen molar-refractivity contribution in [2.45, 2.75) is 52.1 Å². The highest BCUT2D eigenvalue weighted by Gasteiger charge is 2.29. The third-order valence-corrected chi connectivity index (χ3v) is 4.95. The fourth-order valence-corrected chi connectivity index (χ4v) is 3.61. The Bertz CT molecular complexity index is 883. The van der Waals surface area contributed by atoms with Crippen LogP contribution in [0, 0.1) is 6.92 Å². The van der Waals surface area contributed by atoms with Crippen LogP contribution in [0.4, 0.5) is 0 Å². The van der Waals surface area contributed by atoms with Gasteiger partial charge >= 0.3 is 0 Å². The van der Waals surface area contributed by atoms with Crippen molar-refractivity contribution < 1.29 is 0 Å². The van der Waals surface area contributed by atoms with Crippen LogP contribution in [-0.4, -0.2) is 31.4 Å². The second kappa shape index (κ2) is 6.56. The maximum Gasteiger partial charge on any atom is 0.131 e. The van der Waals surface area contributed by atoms with Crippen molar-refractivity contribution in [3.8, 4) is 0 Å². The van der Waals surface area contributed by atoms with E-state index in [-0.39, 0.29) is 0 Å². The van der Waals surface area contributed by atoms with E-state index in [9.17, 15) is 0 Å². The molecular formula is C20H25N5. The summed E-state index contributed by atoms with van der Waals surface area (Å²) in [7, 11) is 0. The fraction of sp³-hybridized carbons (Fsp3) is 0.450. The van der Waals surface area contributed by atoms with Crippen LogP contribution < -0.4 is 0 Å². The van der Waals surface area contributed by atoms with E-state index >= 15 is 0 Å². The number of hydrogen-bond acceptors (Lipinski definition) is 4. The summed E-state index contributed by atoms with van der Waals surface area (Å²) in [6, 6.07) is 8.76. The molecule has 2 aromatic heterocycles. The highest BCUT2D eigenvalue weighted by molar-refractivity contribution is 5.75. The van der Waals surface area contributed by atoms with Crippen molar-refractivity contribution in [3.63, 3.8) is 0 Å². The minimum Gasteiger partial charge on any atom is -0.341 e. The Kier molecular flexibility index (Phi) is 4.25. The second-order valence-corrected chi connectivity index (χ2v) is 7.33. The third kappa shape index (κ3) is 3.29. The number of aromatic nitrogens is 4. The fourth-order valence-electron chi connectivity index (χ4n) is 3.61. The van der Waals surface area contributed by atoms with Gasteiger partial charge in [-0.1, -0.05) is 19.9 Å². The predicted molar refractivity (Wildman–Crippen MR) is 99.3 cm³/mol. The van der Waals surface area contributed by atoms with E-state index in [0.717, 1.165) is 47.9 Å². The van der Waals surface area contributed by atoms with E-state index in [1.165, 1.54) is 12.0 Å². The number of aryl methyl sites for hydroxylation is 1. The van der Waals surface area contributed by atoms with Crippen LogP contribution in [0.1, 0.15) is 61.6 Å². The number of rotatable bonds is 4. The molecule has 3 heterocycles. The van der Waals surface area contributed by atoms with Gasteiger partial charge in [-0.2, -0.15) is 0 Å². The van der Waals surface area contributed by atoms with E-state index in [1.54, 1.807) is 0 Å². The number of aromatic amines is 1. The highest BCUT2D eigenvalue weighted by atomic mass is 15.2. The first-order chi connectivity index (χ1) is 12.1. The van der Waals surface area contributed by atoms with Crippen LogP contribution >= 0.6 is 0 Å². The van der Waals surface area contributed by atoms with Crippen LogP contribution in [0.3, 0.4) is 0 Å². The maximum atomic E-state index is 4.84. The summed E-state index contributed by atoms with van der Waals surface area (Å²) in [4.78, 5) is 20.0. The molecule has 1 aromatic carbocycles.